The van der Waals surface area contributed by atoms with E-state index in [1.165, 1.54) is 70.6 Å². The van der Waals surface area contributed by atoms with Crippen molar-refractivity contribution in [2.45, 2.75) is 187 Å². The molecule has 0 heterocycles. The number of carboxylic acids is 1. The predicted octanol–water partition coefficient (Wildman–Crippen LogP) is 10.6. The van der Waals surface area contributed by atoms with Crippen molar-refractivity contribution < 1.29 is 52.3 Å². The van der Waals surface area contributed by atoms with Crippen LogP contribution in [0.2, 0.25) is 0 Å². The lowest BCUT2D eigenvalue weighted by molar-refractivity contribution is -0.161. The molecule has 0 saturated carbocycles. The van der Waals surface area contributed by atoms with Gasteiger partial charge in [0.05, 0.1) is 13.2 Å². The number of ether oxygens (including phenoxy) is 2. The monoisotopic (exact) mass is 826 g/mol. The van der Waals surface area contributed by atoms with Crippen molar-refractivity contribution in [2.24, 2.45) is 5.73 Å². The number of aliphatic carboxylic acids is 1. The second kappa shape index (κ2) is 38.6. The van der Waals surface area contributed by atoms with E-state index in [4.69, 9.17) is 24.8 Å². The molecule has 0 rings (SSSR count). The summed E-state index contributed by atoms with van der Waals surface area (Å²) < 4.78 is 32.6. The highest BCUT2D eigenvalue weighted by atomic mass is 31.2. The lowest BCUT2D eigenvalue weighted by Crippen LogP contribution is -2.34. The van der Waals surface area contributed by atoms with Gasteiger partial charge in [-0.15, -0.1) is 0 Å². The number of unbranched alkanes of at least 4 members (excludes halogenated alkanes) is 17. The fourth-order valence-electron chi connectivity index (χ4n) is 5.60. The maximum absolute atomic E-state index is 12.6. The van der Waals surface area contributed by atoms with Crippen LogP contribution in [0.5, 0.6) is 0 Å². The minimum absolute atomic E-state index is 0.120. The zero-order valence-electron chi connectivity index (χ0n) is 35.2. The van der Waals surface area contributed by atoms with Crippen LogP contribution >= 0.6 is 7.82 Å². The first kappa shape index (κ1) is 54.1. The molecule has 0 bridgehead atoms. The first-order valence-corrected chi connectivity index (χ1v) is 23.1. The van der Waals surface area contributed by atoms with Crippen LogP contribution < -0.4 is 5.73 Å². The van der Waals surface area contributed by atoms with E-state index in [1.54, 1.807) is 12.2 Å². The molecule has 57 heavy (non-hydrogen) atoms. The van der Waals surface area contributed by atoms with Crippen LogP contribution in [0.15, 0.2) is 48.6 Å². The highest BCUT2D eigenvalue weighted by molar-refractivity contribution is 7.47. The molecular formula is C44H76NO11P. The van der Waals surface area contributed by atoms with Gasteiger partial charge in [0.2, 0.25) is 0 Å². The van der Waals surface area contributed by atoms with Crippen molar-refractivity contribution in [3.63, 3.8) is 0 Å². The molecule has 0 aliphatic carbocycles. The Morgan fingerprint density at radius 3 is 1.68 bits per heavy atom. The highest BCUT2D eigenvalue weighted by Gasteiger charge is 2.28. The van der Waals surface area contributed by atoms with E-state index in [0.29, 0.717) is 25.7 Å². The van der Waals surface area contributed by atoms with Crippen LogP contribution in [0.4, 0.5) is 0 Å². The molecule has 0 aromatic rings. The number of hydrogen-bond donors (Lipinski definition) is 3. The molecule has 328 valence electrons. The Hall–Kier alpha value is -2.89. The van der Waals surface area contributed by atoms with Crippen LogP contribution in [-0.2, 0) is 42.3 Å². The number of phosphoric acid groups is 1. The molecule has 4 N–H and O–H groups in total. The third kappa shape index (κ3) is 38.4. The summed E-state index contributed by atoms with van der Waals surface area (Å²) in [5.41, 5.74) is 5.32. The van der Waals surface area contributed by atoms with Crippen molar-refractivity contribution >= 4 is 31.5 Å². The number of carbonyl (C=O) groups excluding carboxylic acids is 3. The maximum Gasteiger partial charge on any atom is 0.472 e. The van der Waals surface area contributed by atoms with Gasteiger partial charge >= 0.3 is 25.7 Å². The summed E-state index contributed by atoms with van der Waals surface area (Å²) in [6.07, 6.45) is 38.8. The summed E-state index contributed by atoms with van der Waals surface area (Å²) in [6.45, 7) is 2.57. The Kier molecular flexibility index (Phi) is 36.7. The van der Waals surface area contributed by atoms with E-state index >= 15 is 0 Å². The van der Waals surface area contributed by atoms with Crippen LogP contribution in [-0.4, -0.2) is 65.7 Å². The van der Waals surface area contributed by atoms with Crippen molar-refractivity contribution in [2.75, 3.05) is 19.8 Å². The number of allylic oxidation sites excluding steroid dienone is 8. The summed E-state index contributed by atoms with van der Waals surface area (Å²) in [4.78, 5) is 57.6. The van der Waals surface area contributed by atoms with Gasteiger partial charge in [0.1, 0.15) is 12.6 Å². The molecule has 0 aliphatic heterocycles. The minimum Gasteiger partial charge on any atom is -0.480 e. The summed E-state index contributed by atoms with van der Waals surface area (Å²) in [5.74, 6) is -2.34. The molecule has 12 nitrogen and oxygen atoms in total. The zero-order chi connectivity index (χ0) is 42.2. The molecule has 3 atom stereocenters. The SMILES string of the molecule is CCCCCCCCCCCCCCCCCC(=O)O[C@H](COC(=O)CCC/C=C\C/C=C\C/C=C\C=C\C(=O)CCCCC)COP(=O)(O)OC[C@H](N)C(=O)O. The quantitative estimate of drug-likeness (QED) is 0.0133. The molecule has 0 fully saturated rings. The highest BCUT2D eigenvalue weighted by Crippen LogP contribution is 2.43. The maximum atomic E-state index is 12.6. The van der Waals surface area contributed by atoms with E-state index in [-0.39, 0.29) is 18.6 Å². The third-order valence-electron chi connectivity index (χ3n) is 9.06. The van der Waals surface area contributed by atoms with Gasteiger partial charge in [-0.1, -0.05) is 159 Å². The Balaban J connectivity index is 4.49. The number of rotatable bonds is 40. The van der Waals surface area contributed by atoms with Gasteiger partial charge in [0.25, 0.3) is 0 Å². The van der Waals surface area contributed by atoms with Gasteiger partial charge in [0.15, 0.2) is 11.9 Å². The normalized spacial score (nSPS) is 14.1. The molecule has 0 saturated heterocycles. The molecule has 0 amide bonds. The van der Waals surface area contributed by atoms with Crippen LogP contribution in [0.25, 0.3) is 0 Å². The summed E-state index contributed by atoms with van der Waals surface area (Å²) in [7, 11) is -4.74. The number of hydrogen-bond acceptors (Lipinski definition) is 10. The predicted molar refractivity (Wildman–Crippen MR) is 227 cm³/mol. The first-order chi connectivity index (χ1) is 27.5. The molecule has 0 radical (unpaired) electrons. The van der Waals surface area contributed by atoms with Crippen LogP contribution in [0.3, 0.4) is 0 Å². The Morgan fingerprint density at radius 2 is 1.09 bits per heavy atom. The Morgan fingerprint density at radius 1 is 0.596 bits per heavy atom. The second-order valence-corrected chi connectivity index (χ2v) is 16.0. The number of ketones is 1. The summed E-state index contributed by atoms with van der Waals surface area (Å²) in [6, 6.07) is -1.54. The van der Waals surface area contributed by atoms with Gasteiger partial charge < -0.3 is 25.2 Å². The topological polar surface area (TPSA) is 189 Å². The molecular weight excluding hydrogens is 749 g/mol. The summed E-state index contributed by atoms with van der Waals surface area (Å²) in [5, 5.41) is 8.88. The van der Waals surface area contributed by atoms with Crippen molar-refractivity contribution in [3.05, 3.63) is 48.6 Å². The van der Waals surface area contributed by atoms with Gasteiger partial charge in [-0.05, 0) is 44.6 Å². The lowest BCUT2D eigenvalue weighted by Gasteiger charge is -2.20. The number of esters is 2. The molecule has 0 spiro atoms. The van der Waals surface area contributed by atoms with Crippen LogP contribution in [0.1, 0.15) is 174 Å². The number of phosphoric ester groups is 1. The average Bonchev–Trinajstić information content (AvgIpc) is 3.18. The zero-order valence-corrected chi connectivity index (χ0v) is 36.1. The van der Waals surface area contributed by atoms with E-state index in [1.807, 2.05) is 36.5 Å². The minimum atomic E-state index is -4.74. The van der Waals surface area contributed by atoms with Gasteiger partial charge in [-0.25, -0.2) is 4.57 Å². The molecule has 13 heteroatoms. The average molecular weight is 826 g/mol. The third-order valence-corrected chi connectivity index (χ3v) is 10.0. The van der Waals surface area contributed by atoms with E-state index in [9.17, 15) is 28.6 Å². The lowest BCUT2D eigenvalue weighted by atomic mass is 10.0. The fraction of sp³-hybridized carbons (Fsp3) is 0.727. The van der Waals surface area contributed by atoms with Gasteiger partial charge in [-0.3, -0.25) is 28.2 Å². The largest absolute Gasteiger partial charge is 0.480 e. The number of nitrogens with two attached hydrogens (primary N) is 1. The Labute approximate surface area is 343 Å². The van der Waals surface area contributed by atoms with Crippen molar-refractivity contribution in [1.82, 2.24) is 0 Å². The van der Waals surface area contributed by atoms with Gasteiger partial charge in [0, 0.05) is 19.3 Å². The standard InChI is InChI=1S/C44H76NO11P/c1-3-5-7-8-9-10-11-12-13-14-17-21-24-27-31-35-43(48)56-40(37-54-57(51,52)55-38-41(45)44(49)50)36-53-42(47)34-30-26-23-20-18-15-16-19-22-25-29-33-39(46)32-28-6-4-2/h15-16,20,22-23,25,29,33,40-41H,3-14,17-19,21,24,26-28,30-32,34-38,45H2,1-2H3,(H,49,50)(H,51,52)/b16-15-,23-20-,25-22-,33-29+/t40-,41+/m1/s1. The second-order valence-electron chi connectivity index (χ2n) is 14.5. The van der Waals surface area contributed by atoms with Gasteiger partial charge in [-0.2, -0.15) is 0 Å². The number of carbonyl (C=O) groups is 4. The number of carboxylic acid groups (broad SMARTS) is 1. The first-order valence-electron chi connectivity index (χ1n) is 21.6. The molecule has 0 aromatic carbocycles. The van der Waals surface area contributed by atoms with E-state index < -0.39 is 57.7 Å². The van der Waals surface area contributed by atoms with Crippen LogP contribution in [0, 0.1) is 0 Å². The summed E-state index contributed by atoms with van der Waals surface area (Å²) >= 11 is 0. The molecule has 0 aromatic heterocycles. The van der Waals surface area contributed by atoms with Crippen molar-refractivity contribution in [1.29, 1.82) is 0 Å². The Bertz CT molecular complexity index is 1220. The smallest absolute Gasteiger partial charge is 0.472 e. The molecule has 1 unspecified atom stereocenters. The van der Waals surface area contributed by atoms with Crippen molar-refractivity contribution in [3.8, 4) is 0 Å². The van der Waals surface area contributed by atoms with E-state index in [0.717, 1.165) is 51.4 Å². The fourth-order valence-corrected chi connectivity index (χ4v) is 6.38. The molecule has 0 aliphatic rings. The van der Waals surface area contributed by atoms with E-state index in [2.05, 4.69) is 18.4 Å².